The third-order valence-electron chi connectivity index (χ3n) is 2.36. The van der Waals surface area contributed by atoms with E-state index >= 15 is 0 Å². The number of rotatable bonds is 4. The highest BCUT2D eigenvalue weighted by Gasteiger charge is 2.07. The predicted octanol–water partition coefficient (Wildman–Crippen LogP) is 0.0941. The fourth-order valence-corrected chi connectivity index (χ4v) is 1.38. The van der Waals surface area contributed by atoms with Crippen LogP contribution in [-0.4, -0.2) is 27.1 Å². The van der Waals surface area contributed by atoms with Gasteiger partial charge in [-0.25, -0.2) is 0 Å². The number of nitrogens with zero attached hydrogens (tertiary/aromatic N) is 3. The number of benzene rings is 1. The summed E-state index contributed by atoms with van der Waals surface area (Å²) in [6.07, 6.45) is 1.19. The molecule has 0 aliphatic heterocycles. The summed E-state index contributed by atoms with van der Waals surface area (Å²) in [4.78, 5) is 15.6. The molecule has 0 spiro atoms. The molecule has 0 aliphatic rings. The maximum atomic E-state index is 11.8. The van der Waals surface area contributed by atoms with Crippen molar-refractivity contribution in [1.82, 2.24) is 15.5 Å². The highest BCUT2D eigenvalue weighted by Crippen LogP contribution is 2.04. The number of oxime groups is 1. The third-order valence-corrected chi connectivity index (χ3v) is 2.36. The molecule has 1 aromatic carbocycles. The standard InChI is InChI=1S/C11H11N5O3/c12-10(15-18)7-1-3-8(4-2-7)11(17)13-5-9-14-6-19-16-9/h1-4,6,18H,5H2,(H2,12,15)(H,13,17). The number of carbonyl (C=O) groups excluding carboxylic acids is 1. The van der Waals surface area contributed by atoms with Gasteiger partial charge in [0.1, 0.15) is 0 Å². The molecule has 0 saturated heterocycles. The Kier molecular flexibility index (Phi) is 3.72. The zero-order valence-electron chi connectivity index (χ0n) is 9.78. The van der Waals surface area contributed by atoms with Crippen molar-refractivity contribution in [3.8, 4) is 0 Å². The molecule has 8 nitrogen and oxygen atoms in total. The summed E-state index contributed by atoms with van der Waals surface area (Å²) in [5, 5.41) is 17.6. The lowest BCUT2D eigenvalue weighted by molar-refractivity contribution is 0.0949. The van der Waals surface area contributed by atoms with Crippen LogP contribution in [0.3, 0.4) is 0 Å². The van der Waals surface area contributed by atoms with E-state index in [1.54, 1.807) is 24.3 Å². The molecule has 0 atom stereocenters. The van der Waals surface area contributed by atoms with Crippen LogP contribution in [-0.2, 0) is 6.54 Å². The molecule has 8 heteroatoms. The van der Waals surface area contributed by atoms with Crippen molar-refractivity contribution in [1.29, 1.82) is 0 Å². The number of hydrogen-bond donors (Lipinski definition) is 3. The summed E-state index contributed by atoms with van der Waals surface area (Å²) in [6, 6.07) is 6.30. The van der Waals surface area contributed by atoms with Gasteiger partial charge in [-0.2, -0.15) is 4.98 Å². The first kappa shape index (κ1) is 12.6. The summed E-state index contributed by atoms with van der Waals surface area (Å²) >= 11 is 0. The van der Waals surface area contributed by atoms with Crippen LogP contribution < -0.4 is 11.1 Å². The Morgan fingerprint density at radius 2 is 2.05 bits per heavy atom. The normalized spacial score (nSPS) is 11.3. The summed E-state index contributed by atoms with van der Waals surface area (Å²) in [6.45, 7) is 0.178. The van der Waals surface area contributed by atoms with E-state index in [0.717, 1.165) is 0 Å². The van der Waals surface area contributed by atoms with Crippen molar-refractivity contribution in [2.75, 3.05) is 0 Å². The fourth-order valence-electron chi connectivity index (χ4n) is 1.38. The zero-order chi connectivity index (χ0) is 13.7. The lowest BCUT2D eigenvalue weighted by Crippen LogP contribution is -2.23. The molecular formula is C11H11N5O3. The van der Waals surface area contributed by atoms with Gasteiger partial charge in [-0.3, -0.25) is 4.79 Å². The molecule has 0 saturated carbocycles. The van der Waals surface area contributed by atoms with E-state index < -0.39 is 0 Å². The molecule has 1 aromatic heterocycles. The molecule has 98 valence electrons. The lowest BCUT2D eigenvalue weighted by Gasteiger charge is -2.03. The summed E-state index contributed by atoms with van der Waals surface area (Å²) in [5.41, 5.74) is 6.38. The molecule has 0 radical (unpaired) electrons. The molecule has 0 unspecified atom stereocenters. The second-order valence-electron chi connectivity index (χ2n) is 3.59. The van der Waals surface area contributed by atoms with E-state index in [9.17, 15) is 4.79 Å². The molecular weight excluding hydrogens is 250 g/mol. The summed E-state index contributed by atoms with van der Waals surface area (Å²) < 4.78 is 4.54. The number of carbonyl (C=O) groups is 1. The van der Waals surface area contributed by atoms with E-state index in [1.165, 1.54) is 6.39 Å². The van der Waals surface area contributed by atoms with Crippen LogP contribution in [0.15, 0.2) is 40.3 Å². The third kappa shape index (κ3) is 3.06. The number of nitrogens with one attached hydrogen (secondary N) is 1. The van der Waals surface area contributed by atoms with E-state index in [-0.39, 0.29) is 18.3 Å². The minimum absolute atomic E-state index is 0.0150. The lowest BCUT2D eigenvalue weighted by atomic mass is 10.1. The Labute approximate surface area is 107 Å². The second kappa shape index (κ2) is 5.63. The van der Waals surface area contributed by atoms with Crippen LogP contribution in [0.5, 0.6) is 0 Å². The minimum Gasteiger partial charge on any atom is -0.409 e. The van der Waals surface area contributed by atoms with Crippen LogP contribution in [0, 0.1) is 0 Å². The molecule has 0 aliphatic carbocycles. The van der Waals surface area contributed by atoms with Gasteiger partial charge in [0.2, 0.25) is 6.39 Å². The quantitative estimate of drug-likeness (QED) is 0.310. The number of amidine groups is 1. The Morgan fingerprint density at radius 3 is 2.63 bits per heavy atom. The van der Waals surface area contributed by atoms with E-state index in [1.807, 2.05) is 0 Å². The smallest absolute Gasteiger partial charge is 0.251 e. The molecule has 1 amide bonds. The topological polar surface area (TPSA) is 127 Å². The zero-order valence-corrected chi connectivity index (χ0v) is 9.78. The van der Waals surface area contributed by atoms with Gasteiger partial charge in [-0.1, -0.05) is 22.4 Å². The van der Waals surface area contributed by atoms with Gasteiger partial charge in [0.05, 0.1) is 6.54 Å². The van der Waals surface area contributed by atoms with Crippen molar-refractivity contribution in [2.45, 2.75) is 6.54 Å². The van der Waals surface area contributed by atoms with Gasteiger partial charge in [-0.05, 0) is 12.1 Å². The fraction of sp³-hybridized carbons (Fsp3) is 0.0909. The van der Waals surface area contributed by atoms with Gasteiger partial charge in [0.15, 0.2) is 11.7 Å². The number of amides is 1. The molecule has 0 bridgehead atoms. The van der Waals surface area contributed by atoms with Crippen LogP contribution in [0.2, 0.25) is 0 Å². The van der Waals surface area contributed by atoms with E-state index in [4.69, 9.17) is 10.9 Å². The Bertz CT molecular complexity index is 577. The van der Waals surface area contributed by atoms with Crippen LogP contribution in [0.4, 0.5) is 0 Å². The van der Waals surface area contributed by atoms with E-state index in [0.29, 0.717) is 17.0 Å². The second-order valence-corrected chi connectivity index (χ2v) is 3.59. The van der Waals surface area contributed by atoms with Crippen LogP contribution in [0.1, 0.15) is 21.7 Å². The molecule has 19 heavy (non-hydrogen) atoms. The Hall–Kier alpha value is -2.90. The summed E-state index contributed by atoms with van der Waals surface area (Å²) in [5.74, 6) is 0.0937. The number of hydrogen-bond acceptors (Lipinski definition) is 6. The first-order valence-electron chi connectivity index (χ1n) is 5.32. The number of nitrogens with two attached hydrogens (primary N) is 1. The van der Waals surface area contributed by atoms with Crippen molar-refractivity contribution < 1.29 is 14.5 Å². The average molecular weight is 261 g/mol. The number of aromatic nitrogens is 2. The molecule has 2 aromatic rings. The maximum Gasteiger partial charge on any atom is 0.251 e. The van der Waals surface area contributed by atoms with Gasteiger partial charge in [0.25, 0.3) is 5.91 Å². The van der Waals surface area contributed by atoms with Crippen molar-refractivity contribution in [2.24, 2.45) is 10.9 Å². The van der Waals surface area contributed by atoms with Gasteiger partial charge >= 0.3 is 0 Å². The average Bonchev–Trinajstić information content (AvgIpc) is 2.97. The summed E-state index contributed by atoms with van der Waals surface area (Å²) in [7, 11) is 0. The van der Waals surface area contributed by atoms with Crippen LogP contribution in [0.25, 0.3) is 0 Å². The minimum atomic E-state index is -0.282. The largest absolute Gasteiger partial charge is 0.409 e. The molecule has 4 N–H and O–H groups in total. The van der Waals surface area contributed by atoms with Crippen molar-refractivity contribution in [3.63, 3.8) is 0 Å². The predicted molar refractivity (Wildman–Crippen MR) is 64.4 cm³/mol. The Morgan fingerprint density at radius 1 is 1.37 bits per heavy atom. The first-order chi connectivity index (χ1) is 9.20. The van der Waals surface area contributed by atoms with Crippen molar-refractivity contribution >= 4 is 11.7 Å². The highest BCUT2D eigenvalue weighted by atomic mass is 16.5. The monoisotopic (exact) mass is 261 g/mol. The Balaban J connectivity index is 1.99. The molecule has 0 fully saturated rings. The first-order valence-corrected chi connectivity index (χ1v) is 5.32. The van der Waals surface area contributed by atoms with Gasteiger partial charge < -0.3 is 20.8 Å². The van der Waals surface area contributed by atoms with E-state index in [2.05, 4.69) is 25.1 Å². The molecule has 2 rings (SSSR count). The van der Waals surface area contributed by atoms with Gasteiger partial charge in [-0.15, -0.1) is 0 Å². The van der Waals surface area contributed by atoms with Crippen LogP contribution >= 0.6 is 0 Å². The molecule has 1 heterocycles. The van der Waals surface area contributed by atoms with Crippen molar-refractivity contribution in [3.05, 3.63) is 47.6 Å². The van der Waals surface area contributed by atoms with Gasteiger partial charge in [0, 0.05) is 11.1 Å². The SMILES string of the molecule is N/C(=N/O)c1ccc(C(=O)NCc2ncon2)cc1. The highest BCUT2D eigenvalue weighted by molar-refractivity contribution is 5.99. The maximum absolute atomic E-state index is 11.8.